The second-order valence-corrected chi connectivity index (χ2v) is 5.47. The van der Waals surface area contributed by atoms with E-state index >= 15 is 0 Å². The number of hydrogen-bond donors (Lipinski definition) is 3. The quantitative estimate of drug-likeness (QED) is 0.649. The molecular formula is C13H22N2O2. The third kappa shape index (κ3) is 2.64. The van der Waals surface area contributed by atoms with Gasteiger partial charge in [-0.05, 0) is 40.5 Å². The van der Waals surface area contributed by atoms with Crippen LogP contribution in [0.25, 0.3) is 0 Å². The van der Waals surface area contributed by atoms with Crippen molar-refractivity contribution in [1.29, 1.82) is 0 Å². The molecule has 0 saturated carbocycles. The van der Waals surface area contributed by atoms with E-state index in [9.17, 15) is 5.11 Å². The lowest BCUT2D eigenvalue weighted by Gasteiger charge is -2.24. The van der Waals surface area contributed by atoms with Crippen molar-refractivity contribution in [3.8, 4) is 0 Å². The molecule has 0 spiro atoms. The van der Waals surface area contributed by atoms with E-state index in [0.717, 1.165) is 36.7 Å². The number of rotatable bonds is 1. The molecule has 0 aromatic carbocycles. The topological polar surface area (TPSA) is 53.5 Å². The molecule has 2 aliphatic rings. The Balaban J connectivity index is 2.12. The predicted octanol–water partition coefficient (Wildman–Crippen LogP) is 1.59. The fraction of sp³-hybridized carbons (Fsp3) is 0.692. The molecule has 0 radical (unpaired) electrons. The highest BCUT2D eigenvalue weighted by molar-refractivity contribution is 5.29. The zero-order valence-electron chi connectivity index (χ0n) is 11.1. The lowest BCUT2D eigenvalue weighted by Crippen LogP contribution is -2.35. The Hall–Kier alpha value is -1.00. The van der Waals surface area contributed by atoms with Gasteiger partial charge >= 0.3 is 0 Å². The van der Waals surface area contributed by atoms with Crippen LogP contribution in [-0.4, -0.2) is 23.3 Å². The van der Waals surface area contributed by atoms with Crippen LogP contribution in [0.4, 0.5) is 0 Å². The Morgan fingerprint density at radius 3 is 2.59 bits per heavy atom. The van der Waals surface area contributed by atoms with Gasteiger partial charge in [-0.15, -0.1) is 0 Å². The van der Waals surface area contributed by atoms with Gasteiger partial charge in [-0.1, -0.05) is 0 Å². The number of piperidine rings is 1. The Labute approximate surface area is 103 Å². The first-order valence-electron chi connectivity index (χ1n) is 6.22. The Bertz CT molecular complexity index is 367. The second-order valence-electron chi connectivity index (χ2n) is 5.47. The monoisotopic (exact) mass is 238 g/mol. The van der Waals surface area contributed by atoms with Crippen LogP contribution in [0.1, 0.15) is 40.5 Å². The SMILES string of the molecule is CC1=C(C(C)(C)O)N/C(=C2\CC[C@@H](C)NC2)O1. The van der Waals surface area contributed by atoms with Crippen LogP contribution in [0.15, 0.2) is 22.9 Å². The molecule has 2 aliphatic heterocycles. The highest BCUT2D eigenvalue weighted by atomic mass is 16.5. The summed E-state index contributed by atoms with van der Waals surface area (Å²) in [6.07, 6.45) is 2.17. The fourth-order valence-corrected chi connectivity index (χ4v) is 2.25. The first-order chi connectivity index (χ1) is 7.88. The van der Waals surface area contributed by atoms with Crippen molar-refractivity contribution in [3.63, 3.8) is 0 Å². The minimum absolute atomic E-state index is 0.573. The zero-order chi connectivity index (χ0) is 12.6. The molecule has 3 N–H and O–H groups in total. The van der Waals surface area contributed by atoms with Crippen LogP contribution in [0.2, 0.25) is 0 Å². The van der Waals surface area contributed by atoms with Gasteiger partial charge in [-0.2, -0.15) is 0 Å². The van der Waals surface area contributed by atoms with E-state index in [1.807, 2.05) is 6.92 Å². The number of hydrogen-bond acceptors (Lipinski definition) is 4. The van der Waals surface area contributed by atoms with Crippen LogP contribution in [0.3, 0.4) is 0 Å². The summed E-state index contributed by atoms with van der Waals surface area (Å²) in [5.41, 5.74) is 1.13. The lowest BCUT2D eigenvalue weighted by atomic mass is 10.0. The zero-order valence-corrected chi connectivity index (χ0v) is 11.1. The van der Waals surface area contributed by atoms with E-state index in [1.165, 1.54) is 5.57 Å². The smallest absolute Gasteiger partial charge is 0.197 e. The number of aliphatic hydroxyl groups is 1. The summed E-state index contributed by atoms with van der Waals surface area (Å²) in [4.78, 5) is 0. The maximum Gasteiger partial charge on any atom is 0.197 e. The molecule has 0 aromatic rings. The molecule has 2 heterocycles. The number of nitrogens with one attached hydrogen (secondary N) is 2. The average Bonchev–Trinajstić information content (AvgIpc) is 2.61. The molecule has 4 heteroatoms. The van der Waals surface area contributed by atoms with Crippen LogP contribution >= 0.6 is 0 Å². The van der Waals surface area contributed by atoms with E-state index in [4.69, 9.17) is 4.74 Å². The van der Waals surface area contributed by atoms with Gasteiger partial charge in [0.2, 0.25) is 0 Å². The van der Waals surface area contributed by atoms with Crippen molar-refractivity contribution in [2.45, 2.75) is 52.2 Å². The third-order valence-electron chi connectivity index (χ3n) is 3.32. The molecule has 17 heavy (non-hydrogen) atoms. The molecule has 0 aromatic heterocycles. The maximum absolute atomic E-state index is 10.0. The van der Waals surface area contributed by atoms with Gasteiger partial charge in [0.15, 0.2) is 5.88 Å². The Kier molecular flexibility index (Phi) is 3.19. The molecule has 1 fully saturated rings. The van der Waals surface area contributed by atoms with Crippen LogP contribution < -0.4 is 10.6 Å². The van der Waals surface area contributed by atoms with Crippen molar-refractivity contribution in [2.75, 3.05) is 6.54 Å². The summed E-state index contributed by atoms with van der Waals surface area (Å²) >= 11 is 0. The molecule has 96 valence electrons. The van der Waals surface area contributed by atoms with E-state index in [1.54, 1.807) is 13.8 Å². The number of ether oxygens (including phenoxy) is 1. The highest BCUT2D eigenvalue weighted by Crippen LogP contribution is 2.29. The minimum atomic E-state index is -0.887. The molecular weight excluding hydrogens is 216 g/mol. The van der Waals surface area contributed by atoms with Crippen molar-refractivity contribution in [2.24, 2.45) is 0 Å². The first-order valence-corrected chi connectivity index (χ1v) is 6.22. The van der Waals surface area contributed by atoms with Gasteiger partial charge in [0.1, 0.15) is 11.4 Å². The maximum atomic E-state index is 10.0. The van der Waals surface area contributed by atoms with E-state index in [0.29, 0.717) is 6.04 Å². The Morgan fingerprint density at radius 1 is 1.41 bits per heavy atom. The van der Waals surface area contributed by atoms with Gasteiger partial charge in [-0.25, -0.2) is 0 Å². The predicted molar refractivity (Wildman–Crippen MR) is 66.9 cm³/mol. The molecule has 0 amide bonds. The summed E-state index contributed by atoms with van der Waals surface area (Å²) in [5.74, 6) is 1.57. The summed E-state index contributed by atoms with van der Waals surface area (Å²) in [5, 5.41) is 16.6. The van der Waals surface area contributed by atoms with Gasteiger partial charge in [0.25, 0.3) is 0 Å². The molecule has 1 saturated heterocycles. The molecule has 2 rings (SSSR count). The minimum Gasteiger partial charge on any atom is -0.444 e. The van der Waals surface area contributed by atoms with Gasteiger partial charge in [0, 0.05) is 18.2 Å². The van der Waals surface area contributed by atoms with Crippen LogP contribution in [-0.2, 0) is 4.74 Å². The summed E-state index contributed by atoms with van der Waals surface area (Å²) in [6, 6.07) is 0.573. The molecule has 1 atom stereocenters. The first kappa shape index (κ1) is 12.5. The van der Waals surface area contributed by atoms with Gasteiger partial charge < -0.3 is 20.5 Å². The van der Waals surface area contributed by atoms with Crippen LogP contribution in [0.5, 0.6) is 0 Å². The molecule has 0 bridgehead atoms. The van der Waals surface area contributed by atoms with E-state index < -0.39 is 5.60 Å². The average molecular weight is 238 g/mol. The lowest BCUT2D eigenvalue weighted by molar-refractivity contribution is 0.113. The van der Waals surface area contributed by atoms with E-state index in [-0.39, 0.29) is 0 Å². The fourth-order valence-electron chi connectivity index (χ4n) is 2.25. The van der Waals surface area contributed by atoms with Gasteiger partial charge in [0.05, 0.1) is 5.70 Å². The normalized spacial score (nSPS) is 30.3. The summed E-state index contributed by atoms with van der Waals surface area (Å²) in [6.45, 7) is 8.45. The Morgan fingerprint density at radius 2 is 2.12 bits per heavy atom. The van der Waals surface area contributed by atoms with Crippen LogP contribution in [0, 0.1) is 0 Å². The van der Waals surface area contributed by atoms with Crippen molar-refractivity contribution >= 4 is 0 Å². The second kappa shape index (κ2) is 4.35. The number of allylic oxidation sites excluding steroid dienone is 1. The summed E-state index contributed by atoms with van der Waals surface area (Å²) in [7, 11) is 0. The van der Waals surface area contributed by atoms with Crippen molar-refractivity contribution < 1.29 is 9.84 Å². The summed E-state index contributed by atoms with van der Waals surface area (Å²) < 4.78 is 5.72. The highest BCUT2D eigenvalue weighted by Gasteiger charge is 2.31. The third-order valence-corrected chi connectivity index (χ3v) is 3.32. The largest absolute Gasteiger partial charge is 0.444 e. The molecule has 0 aliphatic carbocycles. The van der Waals surface area contributed by atoms with Gasteiger partial charge in [-0.3, -0.25) is 0 Å². The molecule has 4 nitrogen and oxygen atoms in total. The molecule has 0 unspecified atom stereocenters. The van der Waals surface area contributed by atoms with Crippen molar-refractivity contribution in [3.05, 3.63) is 22.9 Å². The van der Waals surface area contributed by atoms with E-state index in [2.05, 4.69) is 17.6 Å². The standard InChI is InChI=1S/C13H22N2O2/c1-8-5-6-10(7-14-8)12-15-11(9(2)17-12)13(3,4)16/h8,14-16H,5-7H2,1-4H3/b12-10-/t8-/m1/s1. The van der Waals surface area contributed by atoms with Crippen molar-refractivity contribution in [1.82, 2.24) is 10.6 Å².